The second-order valence-electron chi connectivity index (χ2n) is 3.48. The van der Waals surface area contributed by atoms with E-state index < -0.39 is 0 Å². The number of rotatable bonds is 7. The van der Waals surface area contributed by atoms with E-state index in [-0.39, 0.29) is 0 Å². The second-order valence-corrected chi connectivity index (χ2v) is 4.79. The molecule has 0 aliphatic heterocycles. The van der Waals surface area contributed by atoms with E-state index in [1.165, 1.54) is 5.56 Å². The summed E-state index contributed by atoms with van der Waals surface area (Å²) in [6.45, 7) is 0.793. The molecule has 1 unspecified atom stereocenters. The summed E-state index contributed by atoms with van der Waals surface area (Å²) in [5, 5.41) is 9.11. The number of methoxy groups -OCH3 is 1. The highest BCUT2D eigenvalue weighted by Gasteiger charge is 2.10. The number of benzene rings is 1. The zero-order valence-electron chi connectivity index (χ0n) is 9.56. The van der Waals surface area contributed by atoms with Gasteiger partial charge in [-0.25, -0.2) is 0 Å². The van der Waals surface area contributed by atoms with Crippen molar-refractivity contribution >= 4 is 11.8 Å². The van der Waals surface area contributed by atoms with E-state index in [9.17, 15) is 0 Å². The predicted molar refractivity (Wildman–Crippen MR) is 68.4 cm³/mol. The van der Waals surface area contributed by atoms with Gasteiger partial charge in [0.15, 0.2) is 0 Å². The minimum absolute atomic E-state index is 0.294. The lowest BCUT2D eigenvalue weighted by atomic mass is 10.1. The van der Waals surface area contributed by atoms with Gasteiger partial charge in [-0.1, -0.05) is 30.3 Å². The molecular weight excluding hydrogens is 218 g/mol. The summed E-state index contributed by atoms with van der Waals surface area (Å²) in [6, 6.07) is 12.5. The number of nitriles is 1. The van der Waals surface area contributed by atoms with Crippen molar-refractivity contribution in [2.24, 2.45) is 0 Å². The Morgan fingerprint density at radius 2 is 2.12 bits per heavy atom. The topological polar surface area (TPSA) is 33.0 Å². The Labute approximate surface area is 102 Å². The smallest absolute Gasteiger partial charge is 0.0636 e. The SMILES string of the molecule is COCCCSC(CC#N)c1ccccc1. The van der Waals surface area contributed by atoms with Crippen molar-refractivity contribution in [1.82, 2.24) is 0 Å². The van der Waals surface area contributed by atoms with E-state index >= 15 is 0 Å². The lowest BCUT2D eigenvalue weighted by Gasteiger charge is -2.13. The highest BCUT2D eigenvalue weighted by molar-refractivity contribution is 7.99. The molecule has 0 bridgehead atoms. The summed E-state index contributed by atoms with van der Waals surface area (Å²) in [5.74, 6) is 1.04. The molecule has 0 aliphatic carbocycles. The third-order valence-corrected chi connectivity index (χ3v) is 3.63. The number of ether oxygens (including phenoxy) is 1. The second kappa shape index (κ2) is 8.20. The molecule has 0 N–H and O–H groups in total. The van der Waals surface area contributed by atoms with Gasteiger partial charge in [0.25, 0.3) is 0 Å². The van der Waals surface area contributed by atoms with Crippen LogP contribution >= 0.6 is 11.8 Å². The van der Waals surface area contributed by atoms with Crippen LogP contribution in [0.4, 0.5) is 0 Å². The van der Waals surface area contributed by atoms with Crippen molar-refractivity contribution in [2.45, 2.75) is 18.1 Å². The number of hydrogen-bond donors (Lipinski definition) is 0. The van der Waals surface area contributed by atoms with Gasteiger partial charge < -0.3 is 4.74 Å². The van der Waals surface area contributed by atoms with Crippen molar-refractivity contribution in [3.05, 3.63) is 35.9 Å². The molecule has 0 heterocycles. The molecule has 1 aromatic carbocycles. The van der Waals surface area contributed by atoms with Crippen LogP contribution in [0.5, 0.6) is 0 Å². The lowest BCUT2D eigenvalue weighted by Crippen LogP contribution is -1.97. The molecule has 0 radical (unpaired) electrons. The van der Waals surface area contributed by atoms with Gasteiger partial charge in [-0.15, -0.1) is 0 Å². The largest absolute Gasteiger partial charge is 0.385 e. The Bertz CT molecular complexity index is 320. The molecule has 0 saturated heterocycles. The standard InChI is InChI=1S/C13H17NOS/c1-15-10-5-11-16-13(8-9-14)12-6-3-2-4-7-12/h2-4,6-7,13H,5,8,10-11H2,1H3. The first-order valence-corrected chi connectivity index (χ1v) is 6.45. The van der Waals surface area contributed by atoms with Crippen molar-refractivity contribution in [3.63, 3.8) is 0 Å². The molecule has 0 aromatic heterocycles. The fraction of sp³-hybridized carbons (Fsp3) is 0.462. The van der Waals surface area contributed by atoms with Gasteiger partial charge in [-0.2, -0.15) is 17.0 Å². The molecule has 0 amide bonds. The molecule has 0 aliphatic rings. The average Bonchev–Trinajstić information content (AvgIpc) is 2.34. The quantitative estimate of drug-likeness (QED) is 0.679. The summed E-state index contributed by atoms with van der Waals surface area (Å²) in [5.41, 5.74) is 1.24. The van der Waals surface area contributed by atoms with Crippen LogP contribution in [0, 0.1) is 11.3 Å². The summed E-state index contributed by atoms with van der Waals surface area (Å²) >= 11 is 1.84. The van der Waals surface area contributed by atoms with Gasteiger partial charge in [0.2, 0.25) is 0 Å². The normalized spacial score (nSPS) is 12.0. The fourth-order valence-electron chi connectivity index (χ4n) is 1.45. The Hall–Kier alpha value is -0.980. The van der Waals surface area contributed by atoms with E-state index in [0.717, 1.165) is 18.8 Å². The first kappa shape index (κ1) is 13.1. The van der Waals surface area contributed by atoms with Crippen molar-refractivity contribution in [3.8, 4) is 6.07 Å². The molecule has 1 rings (SSSR count). The van der Waals surface area contributed by atoms with Crippen LogP contribution in [0.3, 0.4) is 0 Å². The van der Waals surface area contributed by atoms with E-state index in [1.807, 2.05) is 30.0 Å². The van der Waals surface area contributed by atoms with Gasteiger partial charge in [-0.3, -0.25) is 0 Å². The van der Waals surface area contributed by atoms with Gasteiger partial charge in [-0.05, 0) is 17.7 Å². The predicted octanol–water partition coefficient (Wildman–Crippen LogP) is 3.41. The summed E-state index contributed by atoms with van der Waals surface area (Å²) < 4.78 is 5.01. The molecule has 86 valence electrons. The first-order chi connectivity index (χ1) is 7.88. The van der Waals surface area contributed by atoms with Crippen LogP contribution in [0.25, 0.3) is 0 Å². The van der Waals surface area contributed by atoms with Gasteiger partial charge in [0.05, 0.1) is 12.5 Å². The van der Waals surface area contributed by atoms with Crippen LogP contribution in [0.1, 0.15) is 23.7 Å². The maximum atomic E-state index is 8.81. The lowest BCUT2D eigenvalue weighted by molar-refractivity contribution is 0.200. The number of thioether (sulfide) groups is 1. The first-order valence-electron chi connectivity index (χ1n) is 5.41. The molecule has 3 heteroatoms. The van der Waals surface area contributed by atoms with E-state index in [0.29, 0.717) is 11.7 Å². The molecule has 16 heavy (non-hydrogen) atoms. The molecule has 0 spiro atoms. The molecular formula is C13H17NOS. The zero-order chi connectivity index (χ0) is 11.6. The Morgan fingerprint density at radius 3 is 2.75 bits per heavy atom. The minimum Gasteiger partial charge on any atom is -0.385 e. The van der Waals surface area contributed by atoms with Crippen molar-refractivity contribution in [1.29, 1.82) is 5.26 Å². The van der Waals surface area contributed by atoms with Crippen LogP contribution in [-0.2, 0) is 4.74 Å². The Balaban J connectivity index is 2.45. The molecule has 2 nitrogen and oxygen atoms in total. The van der Waals surface area contributed by atoms with Crippen LogP contribution in [0.15, 0.2) is 30.3 Å². The summed E-state index contributed by atoms with van der Waals surface area (Å²) in [7, 11) is 1.72. The van der Waals surface area contributed by atoms with E-state index in [4.69, 9.17) is 10.00 Å². The number of hydrogen-bond acceptors (Lipinski definition) is 3. The maximum Gasteiger partial charge on any atom is 0.0636 e. The van der Waals surface area contributed by atoms with Crippen LogP contribution in [-0.4, -0.2) is 19.5 Å². The molecule has 0 fully saturated rings. The van der Waals surface area contributed by atoms with Crippen molar-refractivity contribution in [2.75, 3.05) is 19.5 Å². The minimum atomic E-state index is 0.294. The monoisotopic (exact) mass is 235 g/mol. The van der Waals surface area contributed by atoms with Gasteiger partial charge in [0, 0.05) is 19.0 Å². The van der Waals surface area contributed by atoms with Crippen LogP contribution < -0.4 is 0 Å². The molecule has 0 saturated carbocycles. The van der Waals surface area contributed by atoms with E-state index in [1.54, 1.807) is 7.11 Å². The summed E-state index contributed by atoms with van der Waals surface area (Å²) in [4.78, 5) is 0. The number of nitrogens with zero attached hydrogens (tertiary/aromatic N) is 1. The Morgan fingerprint density at radius 1 is 1.38 bits per heavy atom. The average molecular weight is 235 g/mol. The highest BCUT2D eigenvalue weighted by Crippen LogP contribution is 2.31. The molecule has 1 atom stereocenters. The van der Waals surface area contributed by atoms with Crippen LogP contribution in [0.2, 0.25) is 0 Å². The maximum absolute atomic E-state index is 8.81. The highest BCUT2D eigenvalue weighted by atomic mass is 32.2. The molecule has 1 aromatic rings. The summed E-state index contributed by atoms with van der Waals surface area (Å²) in [6.07, 6.45) is 1.61. The zero-order valence-corrected chi connectivity index (χ0v) is 10.4. The van der Waals surface area contributed by atoms with Crippen molar-refractivity contribution < 1.29 is 4.74 Å². The fourth-order valence-corrected chi connectivity index (χ4v) is 2.56. The van der Waals surface area contributed by atoms with Gasteiger partial charge >= 0.3 is 0 Å². The van der Waals surface area contributed by atoms with E-state index in [2.05, 4.69) is 18.2 Å². The third-order valence-electron chi connectivity index (χ3n) is 2.26. The third kappa shape index (κ3) is 4.69. The van der Waals surface area contributed by atoms with Gasteiger partial charge in [0.1, 0.15) is 0 Å². The Kier molecular flexibility index (Phi) is 6.71.